The average Bonchev–Trinajstić information content (AvgIpc) is 2.89. The molecule has 0 radical (unpaired) electrons. The van der Waals surface area contributed by atoms with Crippen molar-refractivity contribution < 1.29 is 9.47 Å². The van der Waals surface area contributed by atoms with Crippen LogP contribution in [0.25, 0.3) is 11.1 Å². The van der Waals surface area contributed by atoms with E-state index in [1.165, 1.54) is 33.4 Å². The second kappa shape index (κ2) is 12.8. The third-order valence-electron chi connectivity index (χ3n) is 6.59. The van der Waals surface area contributed by atoms with Crippen LogP contribution in [0.2, 0.25) is 0 Å². The lowest BCUT2D eigenvalue weighted by atomic mass is 9.79. The maximum Gasteiger partial charge on any atom is 0.119 e. The number of fused-ring (bicyclic) bond motifs is 1. The molecule has 4 nitrogen and oxygen atoms in total. The van der Waals surface area contributed by atoms with Gasteiger partial charge in [-0.2, -0.15) is 0 Å². The molecule has 0 atom stereocenters. The zero-order chi connectivity index (χ0) is 25.3. The van der Waals surface area contributed by atoms with Crippen molar-refractivity contribution in [3.63, 3.8) is 0 Å². The number of allylic oxidation sites excluding steroid dienone is 1. The highest BCUT2D eigenvalue weighted by atomic mass is 16.5. The Hall–Kier alpha value is -3.08. The quantitative estimate of drug-likeness (QED) is 0.284. The first-order chi connectivity index (χ1) is 17.5. The summed E-state index contributed by atoms with van der Waals surface area (Å²) in [5.74, 6) is 1.90. The van der Waals surface area contributed by atoms with Gasteiger partial charge in [-0.1, -0.05) is 48.5 Å². The van der Waals surface area contributed by atoms with Gasteiger partial charge in [-0.25, -0.2) is 0 Å². The minimum absolute atomic E-state index is 0.732. The Labute approximate surface area is 217 Å². The smallest absolute Gasteiger partial charge is 0.119 e. The van der Waals surface area contributed by atoms with Gasteiger partial charge >= 0.3 is 0 Å². The summed E-state index contributed by atoms with van der Waals surface area (Å²) < 4.78 is 12.1. The van der Waals surface area contributed by atoms with Crippen molar-refractivity contribution >= 4 is 11.1 Å². The lowest BCUT2D eigenvalue weighted by Crippen LogP contribution is -2.15. The van der Waals surface area contributed by atoms with E-state index in [1.807, 2.05) is 0 Å². The topological polar surface area (TPSA) is 24.9 Å². The minimum Gasteiger partial charge on any atom is -0.494 e. The lowest BCUT2D eigenvalue weighted by molar-refractivity contribution is 0.281. The Morgan fingerprint density at radius 1 is 0.639 bits per heavy atom. The van der Waals surface area contributed by atoms with Crippen molar-refractivity contribution in [3.05, 3.63) is 95.1 Å². The number of hydrogen-bond donors (Lipinski definition) is 0. The van der Waals surface area contributed by atoms with Gasteiger partial charge in [-0.3, -0.25) is 0 Å². The van der Waals surface area contributed by atoms with Crippen LogP contribution in [0, 0.1) is 0 Å². The molecular formula is C32H40N2O2. The Balaban J connectivity index is 1.59. The van der Waals surface area contributed by atoms with Crippen molar-refractivity contribution in [2.75, 3.05) is 54.5 Å². The second-order valence-electron chi connectivity index (χ2n) is 10.1. The Morgan fingerprint density at radius 2 is 1.25 bits per heavy atom. The molecular weight excluding hydrogens is 444 g/mol. The van der Waals surface area contributed by atoms with E-state index in [9.17, 15) is 0 Å². The molecule has 0 aromatic heterocycles. The average molecular weight is 485 g/mol. The van der Waals surface area contributed by atoms with E-state index in [0.717, 1.165) is 63.5 Å². The van der Waals surface area contributed by atoms with Crippen LogP contribution >= 0.6 is 0 Å². The number of rotatable bonds is 12. The molecule has 0 saturated heterocycles. The van der Waals surface area contributed by atoms with Crippen molar-refractivity contribution in [2.24, 2.45) is 0 Å². The molecule has 0 aliphatic heterocycles. The summed E-state index contributed by atoms with van der Waals surface area (Å²) in [5, 5.41) is 0. The van der Waals surface area contributed by atoms with Gasteiger partial charge in [0.15, 0.2) is 0 Å². The van der Waals surface area contributed by atoms with Crippen LogP contribution in [-0.2, 0) is 6.42 Å². The van der Waals surface area contributed by atoms with Crippen LogP contribution in [0.4, 0.5) is 0 Å². The highest BCUT2D eigenvalue weighted by molar-refractivity contribution is 6.00. The summed E-state index contributed by atoms with van der Waals surface area (Å²) in [5.41, 5.74) is 7.92. The van der Waals surface area contributed by atoms with Crippen LogP contribution in [0.3, 0.4) is 0 Å². The summed E-state index contributed by atoms with van der Waals surface area (Å²) in [6, 6.07) is 26.1. The molecule has 0 N–H and O–H groups in total. The third kappa shape index (κ3) is 6.99. The normalized spacial score (nSPS) is 13.3. The first kappa shape index (κ1) is 26.0. The maximum absolute atomic E-state index is 6.09. The van der Waals surface area contributed by atoms with E-state index in [4.69, 9.17) is 9.47 Å². The van der Waals surface area contributed by atoms with E-state index < -0.39 is 0 Å². The molecule has 0 amide bonds. The summed E-state index contributed by atoms with van der Waals surface area (Å²) in [4.78, 5) is 4.38. The molecule has 0 heterocycles. The van der Waals surface area contributed by atoms with Crippen LogP contribution < -0.4 is 9.47 Å². The first-order valence-electron chi connectivity index (χ1n) is 13.1. The van der Waals surface area contributed by atoms with Gasteiger partial charge in [0, 0.05) is 13.1 Å². The highest BCUT2D eigenvalue weighted by Crippen LogP contribution is 2.42. The van der Waals surface area contributed by atoms with E-state index in [2.05, 4.69) is 111 Å². The lowest BCUT2D eigenvalue weighted by Gasteiger charge is -2.25. The van der Waals surface area contributed by atoms with Crippen LogP contribution in [-0.4, -0.2) is 64.3 Å². The molecule has 1 aliphatic rings. The molecule has 3 aromatic carbocycles. The number of benzene rings is 3. The molecule has 4 rings (SSSR count). The first-order valence-corrected chi connectivity index (χ1v) is 13.1. The molecule has 0 fully saturated rings. The molecule has 0 unspecified atom stereocenters. The van der Waals surface area contributed by atoms with E-state index >= 15 is 0 Å². The van der Waals surface area contributed by atoms with Crippen LogP contribution in [0.1, 0.15) is 41.5 Å². The fraction of sp³-hybridized carbons (Fsp3) is 0.375. The van der Waals surface area contributed by atoms with E-state index in [-0.39, 0.29) is 0 Å². The Kier molecular flexibility index (Phi) is 9.21. The van der Waals surface area contributed by atoms with E-state index in [0.29, 0.717) is 0 Å². The van der Waals surface area contributed by atoms with Gasteiger partial charge in [0.05, 0.1) is 13.2 Å². The van der Waals surface area contributed by atoms with Gasteiger partial charge < -0.3 is 19.3 Å². The molecule has 190 valence electrons. The van der Waals surface area contributed by atoms with Crippen LogP contribution in [0.5, 0.6) is 11.5 Å². The number of hydrogen-bond acceptors (Lipinski definition) is 4. The molecule has 0 saturated carbocycles. The fourth-order valence-corrected chi connectivity index (χ4v) is 4.77. The molecule has 0 bridgehead atoms. The molecule has 1 aliphatic carbocycles. The van der Waals surface area contributed by atoms with Crippen molar-refractivity contribution in [2.45, 2.75) is 25.7 Å². The molecule has 4 heteroatoms. The largest absolute Gasteiger partial charge is 0.494 e. The zero-order valence-electron chi connectivity index (χ0n) is 22.3. The SMILES string of the molecule is CN(C)CCCOc1ccc(C2=C(c3ccccc3)CCc3cc(OCCCN(C)C)ccc32)cc1. The molecule has 3 aromatic rings. The monoisotopic (exact) mass is 484 g/mol. The van der Waals surface area contributed by atoms with Gasteiger partial charge in [0.2, 0.25) is 0 Å². The van der Waals surface area contributed by atoms with Gasteiger partial charge in [-0.05, 0) is 112 Å². The summed E-state index contributed by atoms with van der Waals surface area (Å²) >= 11 is 0. The van der Waals surface area contributed by atoms with Gasteiger partial charge in [0.25, 0.3) is 0 Å². The molecule has 0 spiro atoms. The predicted octanol–water partition coefficient (Wildman–Crippen LogP) is 6.25. The Morgan fingerprint density at radius 3 is 1.89 bits per heavy atom. The van der Waals surface area contributed by atoms with Gasteiger partial charge in [0.1, 0.15) is 11.5 Å². The van der Waals surface area contributed by atoms with E-state index in [1.54, 1.807) is 0 Å². The number of nitrogens with zero attached hydrogens (tertiary/aromatic N) is 2. The minimum atomic E-state index is 0.732. The predicted molar refractivity (Wildman–Crippen MR) is 151 cm³/mol. The fourth-order valence-electron chi connectivity index (χ4n) is 4.77. The number of ether oxygens (including phenoxy) is 2. The summed E-state index contributed by atoms with van der Waals surface area (Å²) in [7, 11) is 8.38. The maximum atomic E-state index is 6.09. The highest BCUT2D eigenvalue weighted by Gasteiger charge is 2.22. The van der Waals surface area contributed by atoms with Crippen molar-refractivity contribution in [1.29, 1.82) is 0 Å². The zero-order valence-corrected chi connectivity index (χ0v) is 22.3. The van der Waals surface area contributed by atoms with Gasteiger partial charge in [-0.15, -0.1) is 0 Å². The number of aryl methyl sites for hydroxylation is 1. The second-order valence-corrected chi connectivity index (χ2v) is 10.1. The summed E-state index contributed by atoms with van der Waals surface area (Å²) in [6.07, 6.45) is 4.08. The van der Waals surface area contributed by atoms with Crippen LogP contribution in [0.15, 0.2) is 72.8 Å². The Bertz CT molecular complexity index is 1130. The van der Waals surface area contributed by atoms with Crippen molar-refractivity contribution in [3.8, 4) is 11.5 Å². The standard InChI is InChI=1S/C32H40N2O2/c1-33(2)20-8-22-35-28-15-12-26(13-16-28)32-30(25-10-6-5-7-11-25)18-14-27-24-29(17-19-31(27)32)36-23-9-21-34(3)4/h5-7,10-13,15-17,19,24H,8-9,14,18,20-23H2,1-4H3. The summed E-state index contributed by atoms with van der Waals surface area (Å²) in [6.45, 7) is 3.54. The molecule has 36 heavy (non-hydrogen) atoms. The van der Waals surface area contributed by atoms with Crippen molar-refractivity contribution in [1.82, 2.24) is 9.80 Å². The third-order valence-corrected chi connectivity index (χ3v) is 6.59.